The summed E-state index contributed by atoms with van der Waals surface area (Å²) in [4.78, 5) is 12.0. The van der Waals surface area contributed by atoms with Crippen molar-refractivity contribution in [1.29, 1.82) is 0 Å². The van der Waals surface area contributed by atoms with E-state index in [4.69, 9.17) is 0 Å². The number of carbonyl (C=O) groups is 1. The van der Waals surface area contributed by atoms with Crippen LogP contribution in [0, 0.1) is 11.8 Å². The highest BCUT2D eigenvalue weighted by Crippen LogP contribution is 2.39. The zero-order valence-electron chi connectivity index (χ0n) is 11.5. The molecular formula is C13H22F3NO2. The average molecular weight is 281 g/mol. The molecule has 112 valence electrons. The molecular weight excluding hydrogens is 259 g/mol. The Bertz CT molecular complexity index is 318. The molecule has 3 nitrogen and oxygen atoms in total. The molecule has 0 aromatic carbocycles. The largest absolute Gasteiger partial charge is 0.391 e. The summed E-state index contributed by atoms with van der Waals surface area (Å²) >= 11 is 0. The van der Waals surface area contributed by atoms with Gasteiger partial charge in [0.1, 0.15) is 0 Å². The maximum Gasteiger partial charge on any atom is 0.391 e. The van der Waals surface area contributed by atoms with Crippen LogP contribution in [0.2, 0.25) is 0 Å². The number of alkyl halides is 3. The molecule has 0 saturated heterocycles. The molecule has 0 aliphatic heterocycles. The molecule has 0 heterocycles. The van der Waals surface area contributed by atoms with Gasteiger partial charge in [0.05, 0.1) is 17.6 Å². The van der Waals surface area contributed by atoms with Crippen LogP contribution in [-0.4, -0.2) is 28.8 Å². The molecule has 1 amide bonds. The lowest BCUT2D eigenvalue weighted by Crippen LogP contribution is -2.53. The fraction of sp³-hybridized carbons (Fsp3) is 0.923. The molecule has 6 heteroatoms. The molecule has 1 saturated carbocycles. The number of rotatable bonds is 3. The summed E-state index contributed by atoms with van der Waals surface area (Å²) in [6.45, 7) is 4.95. The molecule has 1 atom stereocenters. The van der Waals surface area contributed by atoms with Gasteiger partial charge < -0.3 is 10.4 Å². The number of nitrogens with one attached hydrogen (secondary N) is 1. The second-order valence-electron chi connectivity index (χ2n) is 5.98. The van der Waals surface area contributed by atoms with Gasteiger partial charge in [-0.2, -0.15) is 13.2 Å². The Morgan fingerprint density at radius 3 is 2.05 bits per heavy atom. The number of amides is 1. The van der Waals surface area contributed by atoms with Crippen LogP contribution in [0.3, 0.4) is 0 Å². The van der Waals surface area contributed by atoms with E-state index in [-0.39, 0.29) is 37.5 Å². The van der Waals surface area contributed by atoms with Crippen LogP contribution in [0.25, 0.3) is 0 Å². The summed E-state index contributed by atoms with van der Waals surface area (Å²) in [5.41, 5.74) is -0.766. The van der Waals surface area contributed by atoms with Gasteiger partial charge in [0.15, 0.2) is 0 Å². The van der Waals surface area contributed by atoms with Crippen molar-refractivity contribution in [2.45, 2.75) is 64.3 Å². The average Bonchev–Trinajstić information content (AvgIpc) is 2.27. The third kappa shape index (κ3) is 4.37. The fourth-order valence-corrected chi connectivity index (χ4v) is 2.21. The summed E-state index contributed by atoms with van der Waals surface area (Å²) in [5, 5.41) is 12.2. The first kappa shape index (κ1) is 16.3. The highest BCUT2D eigenvalue weighted by Gasteiger charge is 2.43. The van der Waals surface area contributed by atoms with Gasteiger partial charge in [-0.1, -0.05) is 0 Å². The summed E-state index contributed by atoms with van der Waals surface area (Å²) in [6.07, 6.45) is -4.34. The number of halogens is 3. The molecule has 0 radical (unpaired) electrons. The lowest BCUT2D eigenvalue weighted by atomic mass is 9.81. The third-order valence-corrected chi connectivity index (χ3v) is 4.05. The molecule has 1 aliphatic carbocycles. The van der Waals surface area contributed by atoms with E-state index >= 15 is 0 Å². The fourth-order valence-electron chi connectivity index (χ4n) is 2.21. The molecule has 0 aromatic rings. The molecule has 19 heavy (non-hydrogen) atoms. The van der Waals surface area contributed by atoms with E-state index < -0.39 is 23.7 Å². The van der Waals surface area contributed by atoms with Crippen LogP contribution < -0.4 is 5.32 Å². The van der Waals surface area contributed by atoms with Gasteiger partial charge in [-0.3, -0.25) is 4.79 Å². The first-order valence-electron chi connectivity index (χ1n) is 6.61. The minimum atomic E-state index is -4.15. The van der Waals surface area contributed by atoms with Gasteiger partial charge in [0.25, 0.3) is 0 Å². The highest BCUT2D eigenvalue weighted by atomic mass is 19.4. The van der Waals surface area contributed by atoms with Crippen molar-refractivity contribution in [2.24, 2.45) is 11.8 Å². The summed E-state index contributed by atoms with van der Waals surface area (Å²) in [6, 6.07) is 0. The predicted octanol–water partition coefficient (Wildman–Crippen LogP) is 2.63. The summed E-state index contributed by atoms with van der Waals surface area (Å²) < 4.78 is 37.5. The zero-order chi connectivity index (χ0) is 14.8. The van der Waals surface area contributed by atoms with Crippen molar-refractivity contribution in [2.75, 3.05) is 0 Å². The van der Waals surface area contributed by atoms with Crippen molar-refractivity contribution < 1.29 is 23.1 Å². The van der Waals surface area contributed by atoms with E-state index in [1.54, 1.807) is 20.8 Å². The Morgan fingerprint density at radius 2 is 1.68 bits per heavy atom. The molecule has 1 fully saturated rings. The number of aliphatic hydroxyl groups excluding tert-OH is 1. The quantitative estimate of drug-likeness (QED) is 0.835. The van der Waals surface area contributed by atoms with Gasteiger partial charge in [0, 0.05) is 5.92 Å². The smallest absolute Gasteiger partial charge is 0.391 e. The van der Waals surface area contributed by atoms with Gasteiger partial charge >= 0.3 is 6.18 Å². The Balaban J connectivity index is 2.50. The van der Waals surface area contributed by atoms with Crippen LogP contribution in [0.5, 0.6) is 0 Å². The lowest BCUT2D eigenvalue weighted by Gasteiger charge is -2.34. The second-order valence-corrected chi connectivity index (χ2v) is 5.98. The normalized spacial score (nSPS) is 26.9. The third-order valence-electron chi connectivity index (χ3n) is 4.05. The Kier molecular flexibility index (Phi) is 4.87. The van der Waals surface area contributed by atoms with Crippen molar-refractivity contribution in [3.05, 3.63) is 0 Å². The SMILES string of the molecule is CC(O)C(C)(C)NC(=O)C1CCC(C(F)(F)F)CC1. The van der Waals surface area contributed by atoms with Gasteiger partial charge in [0.2, 0.25) is 5.91 Å². The molecule has 1 unspecified atom stereocenters. The van der Waals surface area contributed by atoms with Crippen LogP contribution in [0.4, 0.5) is 13.2 Å². The van der Waals surface area contributed by atoms with Crippen LogP contribution in [0.1, 0.15) is 46.5 Å². The topological polar surface area (TPSA) is 49.3 Å². The number of carbonyl (C=O) groups excluding carboxylic acids is 1. The molecule has 1 rings (SSSR count). The van der Waals surface area contributed by atoms with E-state index in [1.165, 1.54) is 0 Å². The molecule has 0 spiro atoms. The van der Waals surface area contributed by atoms with Crippen molar-refractivity contribution in [3.8, 4) is 0 Å². The van der Waals surface area contributed by atoms with E-state index in [0.29, 0.717) is 0 Å². The zero-order valence-corrected chi connectivity index (χ0v) is 11.5. The minimum Gasteiger partial charge on any atom is -0.391 e. The van der Waals surface area contributed by atoms with Crippen molar-refractivity contribution in [1.82, 2.24) is 5.32 Å². The van der Waals surface area contributed by atoms with E-state index in [1.807, 2.05) is 0 Å². The summed E-state index contributed by atoms with van der Waals surface area (Å²) in [5.74, 6) is -1.91. The number of hydrogen-bond acceptors (Lipinski definition) is 2. The first-order valence-corrected chi connectivity index (χ1v) is 6.61. The Hall–Kier alpha value is -0.780. The number of hydrogen-bond donors (Lipinski definition) is 2. The Labute approximate surface area is 111 Å². The van der Waals surface area contributed by atoms with Gasteiger partial charge in [-0.15, -0.1) is 0 Å². The van der Waals surface area contributed by atoms with E-state index in [2.05, 4.69) is 5.32 Å². The molecule has 1 aliphatic rings. The number of aliphatic hydroxyl groups is 1. The van der Waals surface area contributed by atoms with Gasteiger partial charge in [-0.25, -0.2) is 0 Å². The lowest BCUT2D eigenvalue weighted by molar-refractivity contribution is -0.184. The van der Waals surface area contributed by atoms with Crippen LogP contribution in [-0.2, 0) is 4.79 Å². The summed E-state index contributed by atoms with van der Waals surface area (Å²) in [7, 11) is 0. The van der Waals surface area contributed by atoms with E-state index in [9.17, 15) is 23.1 Å². The standard InChI is InChI=1S/C13H22F3NO2/c1-8(18)12(2,3)17-11(19)9-4-6-10(7-5-9)13(14,15)16/h8-10,18H,4-7H2,1-3H3,(H,17,19). The van der Waals surface area contributed by atoms with Crippen molar-refractivity contribution >= 4 is 5.91 Å². The maximum absolute atomic E-state index is 12.5. The maximum atomic E-state index is 12.5. The van der Waals surface area contributed by atoms with Gasteiger partial charge in [-0.05, 0) is 46.5 Å². The molecule has 0 aromatic heterocycles. The monoisotopic (exact) mass is 281 g/mol. The van der Waals surface area contributed by atoms with Crippen LogP contribution >= 0.6 is 0 Å². The van der Waals surface area contributed by atoms with Crippen LogP contribution in [0.15, 0.2) is 0 Å². The predicted molar refractivity (Wildman–Crippen MR) is 65.4 cm³/mol. The minimum absolute atomic E-state index is 0.0106. The van der Waals surface area contributed by atoms with E-state index in [0.717, 1.165) is 0 Å². The molecule has 0 bridgehead atoms. The second kappa shape index (κ2) is 5.69. The highest BCUT2D eigenvalue weighted by molar-refractivity contribution is 5.79. The first-order chi connectivity index (χ1) is 8.54. The Morgan fingerprint density at radius 1 is 1.21 bits per heavy atom. The van der Waals surface area contributed by atoms with Crippen molar-refractivity contribution in [3.63, 3.8) is 0 Å². The molecule has 2 N–H and O–H groups in total.